The Balaban J connectivity index is 1.43. The fraction of sp³-hybridized carbons (Fsp3) is 0.286. The van der Waals surface area contributed by atoms with Gasteiger partial charge in [0, 0.05) is 12.1 Å². The second kappa shape index (κ2) is 10.9. The Labute approximate surface area is 200 Å². The molecule has 3 aromatic carbocycles. The molecule has 1 heterocycles. The highest BCUT2D eigenvalue weighted by atomic mass is 16.5. The number of hydrogen-bond donors (Lipinski definition) is 1. The largest absolute Gasteiger partial charge is 0.497 e. The van der Waals surface area contributed by atoms with Gasteiger partial charge >= 0.3 is 0 Å². The van der Waals surface area contributed by atoms with Crippen molar-refractivity contribution in [2.24, 2.45) is 0 Å². The summed E-state index contributed by atoms with van der Waals surface area (Å²) in [6, 6.07) is 23.4. The summed E-state index contributed by atoms with van der Waals surface area (Å²) in [5.41, 5.74) is 3.74. The molecular weight excluding hydrogens is 426 g/mol. The molecule has 0 radical (unpaired) electrons. The van der Waals surface area contributed by atoms with Crippen molar-refractivity contribution in [1.29, 1.82) is 0 Å². The predicted molar refractivity (Wildman–Crippen MR) is 135 cm³/mol. The van der Waals surface area contributed by atoms with Crippen molar-refractivity contribution in [2.45, 2.75) is 39.3 Å². The van der Waals surface area contributed by atoms with Crippen LogP contribution >= 0.6 is 0 Å². The smallest absolute Gasteiger partial charge is 0.251 e. The van der Waals surface area contributed by atoms with Gasteiger partial charge in [-0.15, -0.1) is 0 Å². The maximum absolute atomic E-state index is 12.7. The third-order valence-corrected chi connectivity index (χ3v) is 5.80. The predicted octanol–water partition coefficient (Wildman–Crippen LogP) is 5.57. The summed E-state index contributed by atoms with van der Waals surface area (Å²) >= 11 is 0. The number of hydrogen-bond acceptors (Lipinski definition) is 4. The molecule has 176 valence electrons. The molecule has 1 N–H and O–H groups in total. The summed E-state index contributed by atoms with van der Waals surface area (Å²) in [7, 11) is 1.59. The molecule has 1 aromatic heterocycles. The van der Waals surface area contributed by atoms with E-state index in [4.69, 9.17) is 14.5 Å². The number of imidazole rings is 1. The van der Waals surface area contributed by atoms with Crippen molar-refractivity contribution < 1.29 is 14.3 Å². The van der Waals surface area contributed by atoms with Gasteiger partial charge in [0.2, 0.25) is 0 Å². The van der Waals surface area contributed by atoms with Crippen LogP contribution in [0, 0.1) is 0 Å². The number of rotatable bonds is 10. The van der Waals surface area contributed by atoms with Crippen molar-refractivity contribution in [3.05, 3.63) is 89.7 Å². The van der Waals surface area contributed by atoms with Crippen LogP contribution in [-0.2, 0) is 13.1 Å². The van der Waals surface area contributed by atoms with Crippen LogP contribution in [0.3, 0.4) is 0 Å². The minimum absolute atomic E-state index is 0.161. The van der Waals surface area contributed by atoms with Crippen molar-refractivity contribution in [1.82, 2.24) is 14.9 Å². The molecule has 0 aliphatic heterocycles. The van der Waals surface area contributed by atoms with Crippen LogP contribution < -0.4 is 14.8 Å². The highest BCUT2D eigenvalue weighted by molar-refractivity contribution is 5.94. The van der Waals surface area contributed by atoms with E-state index in [9.17, 15) is 4.79 Å². The minimum atomic E-state index is -0.161. The maximum Gasteiger partial charge on any atom is 0.251 e. The second-order valence-electron chi connectivity index (χ2n) is 8.48. The summed E-state index contributed by atoms with van der Waals surface area (Å²) < 4.78 is 13.5. The standard InChI is InChI=1S/C28H31N3O3/c1-20(2)23-12-4-7-15-26(23)34-17-9-16-31-25-14-6-5-13-24(25)30-27(31)19-29-28(32)21-10-8-11-22(18-21)33-3/h4-8,10-15,18,20H,9,16-17,19H2,1-3H3,(H,29,32). The van der Waals surface area contributed by atoms with E-state index in [1.165, 1.54) is 5.56 Å². The molecular formula is C28H31N3O3. The lowest BCUT2D eigenvalue weighted by Gasteiger charge is -2.15. The zero-order valence-corrected chi connectivity index (χ0v) is 20.0. The lowest BCUT2D eigenvalue weighted by atomic mass is 10.0. The van der Waals surface area contributed by atoms with Crippen LogP contribution in [0.25, 0.3) is 11.0 Å². The van der Waals surface area contributed by atoms with Gasteiger partial charge in [-0.1, -0.05) is 50.2 Å². The zero-order valence-electron chi connectivity index (χ0n) is 20.0. The van der Waals surface area contributed by atoms with Crippen LogP contribution in [0.15, 0.2) is 72.8 Å². The number of amides is 1. The molecule has 6 heteroatoms. The van der Waals surface area contributed by atoms with Crippen LogP contribution in [0.2, 0.25) is 0 Å². The number of aryl methyl sites for hydroxylation is 1. The fourth-order valence-electron chi connectivity index (χ4n) is 4.03. The molecule has 0 unspecified atom stereocenters. The van der Waals surface area contributed by atoms with Gasteiger partial charge in [-0.25, -0.2) is 4.98 Å². The van der Waals surface area contributed by atoms with E-state index < -0.39 is 0 Å². The van der Waals surface area contributed by atoms with Crippen molar-refractivity contribution in [2.75, 3.05) is 13.7 Å². The van der Waals surface area contributed by atoms with E-state index in [1.54, 1.807) is 25.3 Å². The summed E-state index contributed by atoms with van der Waals surface area (Å²) in [5.74, 6) is 2.66. The molecule has 34 heavy (non-hydrogen) atoms. The fourth-order valence-corrected chi connectivity index (χ4v) is 4.03. The molecule has 1 amide bonds. The van der Waals surface area contributed by atoms with Gasteiger partial charge in [-0.05, 0) is 54.3 Å². The van der Waals surface area contributed by atoms with E-state index >= 15 is 0 Å². The molecule has 0 aliphatic rings. The normalized spacial score (nSPS) is 11.1. The number of aromatic nitrogens is 2. The summed E-state index contributed by atoms with van der Waals surface area (Å²) in [6.07, 6.45) is 0.823. The van der Waals surface area contributed by atoms with Gasteiger partial charge in [0.1, 0.15) is 17.3 Å². The monoisotopic (exact) mass is 457 g/mol. The second-order valence-corrected chi connectivity index (χ2v) is 8.48. The molecule has 0 bridgehead atoms. The van der Waals surface area contributed by atoms with Gasteiger partial charge in [-0.3, -0.25) is 4.79 Å². The van der Waals surface area contributed by atoms with Crippen LogP contribution in [-0.4, -0.2) is 29.2 Å². The molecule has 4 rings (SSSR count). The van der Waals surface area contributed by atoms with Crippen molar-refractivity contribution in [3.8, 4) is 11.5 Å². The number of methoxy groups -OCH3 is 1. The molecule has 4 aromatic rings. The molecule has 0 fully saturated rings. The molecule has 0 atom stereocenters. The van der Waals surface area contributed by atoms with Crippen LogP contribution in [0.4, 0.5) is 0 Å². The summed E-state index contributed by atoms with van der Waals surface area (Å²) in [5, 5.41) is 3.00. The Hall–Kier alpha value is -3.80. The Morgan fingerprint density at radius 3 is 2.65 bits per heavy atom. The maximum atomic E-state index is 12.7. The Bertz CT molecular complexity index is 1260. The van der Waals surface area contributed by atoms with Crippen molar-refractivity contribution >= 4 is 16.9 Å². The van der Waals surface area contributed by atoms with Gasteiger partial charge in [-0.2, -0.15) is 0 Å². The lowest BCUT2D eigenvalue weighted by molar-refractivity contribution is 0.0949. The van der Waals surface area contributed by atoms with E-state index in [-0.39, 0.29) is 5.91 Å². The first-order chi connectivity index (χ1) is 16.6. The topological polar surface area (TPSA) is 65.4 Å². The Morgan fingerprint density at radius 1 is 1.03 bits per heavy atom. The number of fused-ring (bicyclic) bond motifs is 1. The quantitative estimate of drug-likeness (QED) is 0.316. The number of benzene rings is 3. The summed E-state index contributed by atoms with van der Waals surface area (Å²) in [4.78, 5) is 17.5. The molecule has 0 aliphatic carbocycles. The van der Waals surface area contributed by atoms with Gasteiger partial charge in [0.25, 0.3) is 5.91 Å². The minimum Gasteiger partial charge on any atom is -0.497 e. The zero-order chi connectivity index (χ0) is 23.9. The molecule has 0 saturated heterocycles. The highest BCUT2D eigenvalue weighted by Crippen LogP contribution is 2.26. The Morgan fingerprint density at radius 2 is 1.82 bits per heavy atom. The lowest BCUT2D eigenvalue weighted by Crippen LogP contribution is -2.25. The van der Waals surface area contributed by atoms with E-state index in [0.717, 1.165) is 35.6 Å². The van der Waals surface area contributed by atoms with Gasteiger partial charge < -0.3 is 19.4 Å². The number of carbonyl (C=O) groups is 1. The number of nitrogens with one attached hydrogen (secondary N) is 1. The average Bonchev–Trinajstić information content (AvgIpc) is 3.22. The third-order valence-electron chi connectivity index (χ3n) is 5.80. The SMILES string of the molecule is COc1cccc(C(=O)NCc2nc3ccccc3n2CCCOc2ccccc2C(C)C)c1. The van der Waals surface area contributed by atoms with Crippen LogP contribution in [0.1, 0.15) is 47.9 Å². The number of ether oxygens (including phenoxy) is 2. The van der Waals surface area contributed by atoms with Crippen molar-refractivity contribution in [3.63, 3.8) is 0 Å². The number of carbonyl (C=O) groups excluding carboxylic acids is 1. The number of nitrogens with zero attached hydrogens (tertiary/aromatic N) is 2. The highest BCUT2D eigenvalue weighted by Gasteiger charge is 2.13. The molecule has 0 spiro atoms. The first-order valence-corrected chi connectivity index (χ1v) is 11.6. The first kappa shape index (κ1) is 23.4. The van der Waals surface area contributed by atoms with E-state index in [0.29, 0.717) is 30.4 Å². The molecule has 6 nitrogen and oxygen atoms in total. The third kappa shape index (κ3) is 5.39. The van der Waals surface area contributed by atoms with Crippen LogP contribution in [0.5, 0.6) is 11.5 Å². The number of para-hydroxylation sites is 3. The van der Waals surface area contributed by atoms with E-state index in [2.05, 4.69) is 35.9 Å². The van der Waals surface area contributed by atoms with Gasteiger partial charge in [0.15, 0.2) is 0 Å². The summed E-state index contributed by atoms with van der Waals surface area (Å²) in [6.45, 7) is 6.03. The molecule has 0 saturated carbocycles. The average molecular weight is 458 g/mol. The van der Waals surface area contributed by atoms with E-state index in [1.807, 2.05) is 42.5 Å². The Kier molecular flexibility index (Phi) is 7.48. The first-order valence-electron chi connectivity index (χ1n) is 11.6. The van der Waals surface area contributed by atoms with Gasteiger partial charge in [0.05, 0.1) is 31.3 Å².